The SMILES string of the molecule is Cc1nc2ccc(NC(=O)c3cn[nH]c3-c3ccc4c(c3)OCCO4)cc2s1. The molecule has 1 aliphatic heterocycles. The monoisotopic (exact) mass is 392 g/mol. The van der Waals surface area contributed by atoms with Crippen molar-refractivity contribution >= 4 is 33.1 Å². The molecule has 140 valence electrons. The Hall–Kier alpha value is -3.39. The number of nitrogens with one attached hydrogen (secondary N) is 2. The van der Waals surface area contributed by atoms with Crippen LogP contribution < -0.4 is 14.8 Å². The molecule has 4 aromatic rings. The van der Waals surface area contributed by atoms with E-state index in [0.717, 1.165) is 26.5 Å². The number of hydrogen-bond acceptors (Lipinski definition) is 6. The number of thiazole rings is 1. The maximum absolute atomic E-state index is 12.9. The first-order valence-corrected chi connectivity index (χ1v) is 9.61. The number of amides is 1. The van der Waals surface area contributed by atoms with Gasteiger partial charge >= 0.3 is 0 Å². The van der Waals surface area contributed by atoms with Crippen molar-refractivity contribution in [1.82, 2.24) is 15.2 Å². The van der Waals surface area contributed by atoms with E-state index >= 15 is 0 Å². The van der Waals surface area contributed by atoms with Gasteiger partial charge in [-0.2, -0.15) is 5.10 Å². The van der Waals surface area contributed by atoms with Crippen molar-refractivity contribution in [3.63, 3.8) is 0 Å². The first-order valence-electron chi connectivity index (χ1n) is 8.79. The molecule has 0 saturated carbocycles. The number of rotatable bonds is 3. The molecule has 0 saturated heterocycles. The van der Waals surface area contributed by atoms with Crippen LogP contribution in [0.25, 0.3) is 21.5 Å². The summed E-state index contributed by atoms with van der Waals surface area (Å²) in [6, 6.07) is 11.3. The van der Waals surface area contributed by atoms with Crippen LogP contribution in [-0.2, 0) is 0 Å². The zero-order valence-corrected chi connectivity index (χ0v) is 15.8. The molecule has 8 heteroatoms. The number of aromatic nitrogens is 3. The lowest BCUT2D eigenvalue weighted by atomic mass is 10.1. The van der Waals surface area contributed by atoms with Gasteiger partial charge < -0.3 is 14.8 Å². The lowest BCUT2D eigenvalue weighted by Gasteiger charge is -2.18. The molecule has 5 rings (SSSR count). The summed E-state index contributed by atoms with van der Waals surface area (Å²) in [4.78, 5) is 17.3. The van der Waals surface area contributed by atoms with Crippen LogP contribution in [-0.4, -0.2) is 34.3 Å². The Morgan fingerprint density at radius 1 is 1.14 bits per heavy atom. The van der Waals surface area contributed by atoms with Gasteiger partial charge in [-0.3, -0.25) is 9.89 Å². The van der Waals surface area contributed by atoms with E-state index in [1.807, 2.05) is 43.3 Å². The maximum Gasteiger partial charge on any atom is 0.259 e. The minimum absolute atomic E-state index is 0.237. The van der Waals surface area contributed by atoms with Crippen molar-refractivity contribution in [2.45, 2.75) is 6.92 Å². The first kappa shape index (κ1) is 16.8. The second-order valence-electron chi connectivity index (χ2n) is 6.39. The number of H-pyrrole nitrogens is 1. The quantitative estimate of drug-likeness (QED) is 0.550. The summed E-state index contributed by atoms with van der Waals surface area (Å²) in [5.41, 5.74) is 3.54. The first-order chi connectivity index (χ1) is 13.7. The lowest BCUT2D eigenvalue weighted by molar-refractivity contribution is 0.102. The number of benzene rings is 2. The third kappa shape index (κ3) is 2.97. The third-order valence-electron chi connectivity index (χ3n) is 4.47. The van der Waals surface area contributed by atoms with Crippen LogP contribution in [0.15, 0.2) is 42.6 Å². The summed E-state index contributed by atoms with van der Waals surface area (Å²) in [6.45, 7) is 3.01. The molecule has 2 aromatic heterocycles. The van der Waals surface area contributed by atoms with E-state index in [1.54, 1.807) is 11.3 Å². The Balaban J connectivity index is 1.44. The molecule has 7 nitrogen and oxygen atoms in total. The normalized spacial score (nSPS) is 12.9. The Bertz CT molecular complexity index is 1200. The van der Waals surface area contributed by atoms with Gasteiger partial charge in [0.1, 0.15) is 13.2 Å². The van der Waals surface area contributed by atoms with Gasteiger partial charge in [0, 0.05) is 11.3 Å². The van der Waals surface area contributed by atoms with Crippen LogP contribution in [0, 0.1) is 6.92 Å². The largest absolute Gasteiger partial charge is 0.486 e. The van der Waals surface area contributed by atoms with E-state index in [9.17, 15) is 4.79 Å². The smallest absolute Gasteiger partial charge is 0.259 e. The van der Waals surface area contributed by atoms with Crippen molar-refractivity contribution in [3.8, 4) is 22.8 Å². The van der Waals surface area contributed by atoms with Crippen molar-refractivity contribution < 1.29 is 14.3 Å². The zero-order chi connectivity index (χ0) is 19.1. The fourth-order valence-corrected chi connectivity index (χ4v) is 4.06. The van der Waals surface area contributed by atoms with Crippen LogP contribution in [0.2, 0.25) is 0 Å². The Kier molecular flexibility index (Phi) is 3.98. The predicted octanol–water partition coefficient (Wildman–Crippen LogP) is 4.02. The molecular formula is C20H16N4O3S. The van der Waals surface area contributed by atoms with E-state index in [2.05, 4.69) is 20.5 Å². The predicted molar refractivity (Wildman–Crippen MR) is 107 cm³/mol. The van der Waals surface area contributed by atoms with Gasteiger partial charge in [-0.1, -0.05) is 0 Å². The van der Waals surface area contributed by atoms with Gasteiger partial charge in [0.05, 0.1) is 32.7 Å². The van der Waals surface area contributed by atoms with Gasteiger partial charge in [-0.05, 0) is 43.3 Å². The number of aryl methyl sites for hydroxylation is 1. The molecule has 3 heterocycles. The number of carbonyl (C=O) groups is 1. The van der Waals surface area contributed by atoms with Crippen LogP contribution in [0.3, 0.4) is 0 Å². The van der Waals surface area contributed by atoms with Gasteiger partial charge in [0.2, 0.25) is 0 Å². The molecule has 28 heavy (non-hydrogen) atoms. The Morgan fingerprint density at radius 2 is 2.00 bits per heavy atom. The van der Waals surface area contributed by atoms with Crippen LogP contribution in [0.5, 0.6) is 11.5 Å². The summed E-state index contributed by atoms with van der Waals surface area (Å²) in [5, 5.41) is 10.9. The van der Waals surface area contributed by atoms with Gasteiger partial charge in [0.15, 0.2) is 11.5 Å². The highest BCUT2D eigenvalue weighted by Gasteiger charge is 2.19. The highest BCUT2D eigenvalue weighted by molar-refractivity contribution is 7.18. The summed E-state index contributed by atoms with van der Waals surface area (Å²) >= 11 is 1.60. The van der Waals surface area contributed by atoms with Gasteiger partial charge in [0.25, 0.3) is 5.91 Å². The highest BCUT2D eigenvalue weighted by atomic mass is 32.1. The van der Waals surface area contributed by atoms with Crippen LogP contribution in [0.4, 0.5) is 5.69 Å². The average molecular weight is 392 g/mol. The third-order valence-corrected chi connectivity index (χ3v) is 5.40. The van der Waals surface area contributed by atoms with Gasteiger partial charge in [-0.25, -0.2) is 4.98 Å². The number of anilines is 1. The maximum atomic E-state index is 12.9. The minimum Gasteiger partial charge on any atom is -0.486 e. The van der Waals surface area contributed by atoms with E-state index in [-0.39, 0.29) is 5.91 Å². The molecule has 0 radical (unpaired) electrons. The molecule has 0 spiro atoms. The number of carbonyl (C=O) groups excluding carboxylic acids is 1. The highest BCUT2D eigenvalue weighted by Crippen LogP contribution is 2.35. The summed E-state index contributed by atoms with van der Waals surface area (Å²) in [7, 11) is 0. The number of ether oxygens (including phenoxy) is 2. The number of hydrogen-bond donors (Lipinski definition) is 2. The average Bonchev–Trinajstić information content (AvgIpc) is 3.33. The topological polar surface area (TPSA) is 89.1 Å². The molecule has 0 aliphatic carbocycles. The Labute approximate surface area is 164 Å². The van der Waals surface area contributed by atoms with E-state index in [4.69, 9.17) is 9.47 Å². The molecular weight excluding hydrogens is 376 g/mol. The molecule has 0 atom stereocenters. The molecule has 0 fully saturated rings. The van der Waals surface area contributed by atoms with Crippen LogP contribution in [0.1, 0.15) is 15.4 Å². The van der Waals surface area contributed by atoms with Crippen molar-refractivity contribution in [2.24, 2.45) is 0 Å². The van der Waals surface area contributed by atoms with E-state index in [1.165, 1.54) is 6.20 Å². The minimum atomic E-state index is -0.237. The molecule has 2 N–H and O–H groups in total. The second kappa shape index (κ2) is 6.65. The molecule has 2 aromatic carbocycles. The summed E-state index contributed by atoms with van der Waals surface area (Å²) in [5.74, 6) is 1.13. The van der Waals surface area contributed by atoms with Crippen molar-refractivity contribution in [3.05, 3.63) is 53.2 Å². The zero-order valence-electron chi connectivity index (χ0n) is 15.0. The fraction of sp³-hybridized carbons (Fsp3) is 0.150. The molecule has 0 bridgehead atoms. The van der Waals surface area contributed by atoms with Crippen LogP contribution >= 0.6 is 11.3 Å². The summed E-state index contributed by atoms with van der Waals surface area (Å²) < 4.78 is 12.2. The van der Waals surface area contributed by atoms with Crippen molar-refractivity contribution in [2.75, 3.05) is 18.5 Å². The number of fused-ring (bicyclic) bond motifs is 2. The van der Waals surface area contributed by atoms with E-state index < -0.39 is 0 Å². The van der Waals surface area contributed by atoms with Crippen molar-refractivity contribution in [1.29, 1.82) is 0 Å². The fourth-order valence-electron chi connectivity index (χ4n) is 3.19. The molecule has 1 aliphatic rings. The molecule has 0 unspecified atom stereocenters. The van der Waals surface area contributed by atoms with Gasteiger partial charge in [-0.15, -0.1) is 11.3 Å². The molecule has 1 amide bonds. The summed E-state index contributed by atoms with van der Waals surface area (Å²) in [6.07, 6.45) is 1.52. The lowest BCUT2D eigenvalue weighted by Crippen LogP contribution is -2.15. The second-order valence-corrected chi connectivity index (χ2v) is 7.62. The van der Waals surface area contributed by atoms with E-state index in [0.29, 0.717) is 36.0 Å². The Morgan fingerprint density at radius 3 is 2.89 bits per heavy atom. The number of aromatic amines is 1. The standard InChI is InChI=1S/C20H16N4O3S/c1-11-22-15-4-3-13(9-18(15)28-11)23-20(25)14-10-21-24-19(14)12-2-5-16-17(8-12)27-7-6-26-16/h2-5,8-10H,6-7H2,1H3,(H,21,24)(H,23,25). The number of nitrogens with zero attached hydrogens (tertiary/aromatic N) is 2.